The van der Waals surface area contributed by atoms with Crippen molar-refractivity contribution >= 4 is 5.97 Å². The first-order chi connectivity index (χ1) is 12.3. The van der Waals surface area contributed by atoms with Gasteiger partial charge >= 0.3 is 5.97 Å². The van der Waals surface area contributed by atoms with Gasteiger partial charge in [0.1, 0.15) is 24.4 Å². The number of carboxylic acids is 1. The topological polar surface area (TPSA) is 166 Å². The van der Waals surface area contributed by atoms with E-state index < -0.39 is 67.5 Å². The summed E-state index contributed by atoms with van der Waals surface area (Å²) in [6.45, 7) is 1.15. The van der Waals surface area contributed by atoms with E-state index in [2.05, 4.69) is 0 Å². The number of hydrogen-bond acceptors (Lipinski definition) is 9. The summed E-state index contributed by atoms with van der Waals surface area (Å²) >= 11 is 0. The molecule has 0 aromatic heterocycles. The molecule has 3 rings (SSSR count). The van der Waals surface area contributed by atoms with Crippen LogP contribution in [0.3, 0.4) is 0 Å². The number of aliphatic hydroxyl groups excluding tert-OH is 5. The summed E-state index contributed by atoms with van der Waals surface area (Å²) in [5.41, 5.74) is 0.0343. The standard InChI is InChI=1S/C16H24O10/c1-5-8(18)2-6-7(14(22)23)4-24-15(10(5)6)26-16-13(21)12(20)11(19)9(3-17)25-16/h4-6,8-13,15-21H,2-3H2,1H3,(H,22,23)/t5-,6-,8+,9-,10-,11-,12+,13-,15+,16+/m0/s1. The van der Waals surface area contributed by atoms with Gasteiger partial charge in [-0.1, -0.05) is 6.92 Å². The Balaban J connectivity index is 1.79. The van der Waals surface area contributed by atoms with Crippen molar-refractivity contribution in [2.75, 3.05) is 6.61 Å². The zero-order valence-electron chi connectivity index (χ0n) is 14.1. The molecule has 1 aliphatic carbocycles. The summed E-state index contributed by atoms with van der Waals surface area (Å²) in [5.74, 6) is -2.49. The second-order valence-corrected chi connectivity index (χ2v) is 7.06. The fourth-order valence-corrected chi connectivity index (χ4v) is 3.99. The lowest BCUT2D eigenvalue weighted by Crippen LogP contribution is -2.60. The maximum atomic E-state index is 11.4. The van der Waals surface area contributed by atoms with Crippen LogP contribution in [-0.2, 0) is 19.0 Å². The lowest BCUT2D eigenvalue weighted by atomic mass is 9.83. The van der Waals surface area contributed by atoms with Crippen LogP contribution >= 0.6 is 0 Å². The second kappa shape index (κ2) is 7.39. The molecule has 2 aliphatic heterocycles. The molecule has 10 atom stereocenters. The molecule has 0 spiro atoms. The van der Waals surface area contributed by atoms with Crippen LogP contribution in [0, 0.1) is 17.8 Å². The molecule has 1 saturated carbocycles. The van der Waals surface area contributed by atoms with Crippen LogP contribution in [-0.4, -0.2) is 86.3 Å². The molecule has 6 N–H and O–H groups in total. The first-order valence-electron chi connectivity index (χ1n) is 8.49. The zero-order valence-corrected chi connectivity index (χ0v) is 14.1. The average Bonchev–Trinajstić information content (AvgIpc) is 2.90. The average molecular weight is 376 g/mol. The summed E-state index contributed by atoms with van der Waals surface area (Å²) in [6.07, 6.45) is -7.71. The summed E-state index contributed by atoms with van der Waals surface area (Å²) in [6, 6.07) is 0. The number of aliphatic carboxylic acids is 1. The van der Waals surface area contributed by atoms with Crippen molar-refractivity contribution in [2.24, 2.45) is 17.8 Å². The summed E-state index contributed by atoms with van der Waals surface area (Å²) < 4.78 is 16.3. The molecule has 0 radical (unpaired) electrons. The van der Waals surface area contributed by atoms with Gasteiger partial charge in [-0.05, 0) is 12.3 Å². The van der Waals surface area contributed by atoms with E-state index in [1.807, 2.05) is 0 Å². The summed E-state index contributed by atoms with van der Waals surface area (Å²) in [7, 11) is 0. The third-order valence-electron chi connectivity index (χ3n) is 5.58. The number of fused-ring (bicyclic) bond motifs is 1. The highest BCUT2D eigenvalue weighted by Crippen LogP contribution is 2.47. The van der Waals surface area contributed by atoms with E-state index >= 15 is 0 Å². The first kappa shape index (κ1) is 19.5. The van der Waals surface area contributed by atoms with E-state index in [0.29, 0.717) is 0 Å². The molecule has 0 aromatic carbocycles. The maximum Gasteiger partial charge on any atom is 0.334 e. The Labute approximate surface area is 149 Å². The molecule has 148 valence electrons. The number of rotatable bonds is 4. The molecule has 1 saturated heterocycles. The Bertz CT molecular complexity index is 563. The minimum absolute atomic E-state index is 0.0343. The fraction of sp³-hybridized carbons (Fsp3) is 0.812. The number of ether oxygens (including phenoxy) is 3. The third-order valence-corrected chi connectivity index (χ3v) is 5.58. The van der Waals surface area contributed by atoms with Gasteiger partial charge in [0.15, 0.2) is 6.29 Å². The SMILES string of the molecule is C[C@@H]1[C@@H]2[C@@H](O[C@H]3O[C@@H](CO)[C@H](O)[C@@H](O)[C@@H]3O)OC=C(C(=O)O)[C@@H]2C[C@H]1O. The van der Waals surface area contributed by atoms with Crippen molar-refractivity contribution in [2.45, 2.75) is 56.4 Å². The van der Waals surface area contributed by atoms with Gasteiger partial charge in [0.2, 0.25) is 6.29 Å². The highest BCUT2D eigenvalue weighted by Gasteiger charge is 2.53. The van der Waals surface area contributed by atoms with Gasteiger partial charge in [0.25, 0.3) is 0 Å². The molecular formula is C16H24O10. The van der Waals surface area contributed by atoms with E-state index in [4.69, 9.17) is 14.2 Å². The number of aliphatic hydroxyl groups is 5. The van der Waals surface area contributed by atoms with Gasteiger partial charge in [-0.15, -0.1) is 0 Å². The molecular weight excluding hydrogens is 352 g/mol. The predicted molar refractivity (Wildman–Crippen MR) is 82.2 cm³/mol. The van der Waals surface area contributed by atoms with Gasteiger partial charge in [-0.3, -0.25) is 0 Å². The van der Waals surface area contributed by atoms with E-state index in [1.165, 1.54) is 0 Å². The van der Waals surface area contributed by atoms with Crippen molar-refractivity contribution in [3.8, 4) is 0 Å². The zero-order chi connectivity index (χ0) is 19.2. The molecule has 0 amide bonds. The van der Waals surface area contributed by atoms with Crippen molar-refractivity contribution in [3.05, 3.63) is 11.8 Å². The summed E-state index contributed by atoms with van der Waals surface area (Å²) in [5, 5.41) is 58.5. The largest absolute Gasteiger partial charge is 0.478 e. The normalized spacial score (nSPS) is 48.5. The highest BCUT2D eigenvalue weighted by molar-refractivity contribution is 5.87. The maximum absolute atomic E-state index is 11.4. The number of carbonyl (C=O) groups is 1. The Kier molecular flexibility index (Phi) is 5.54. The van der Waals surface area contributed by atoms with E-state index in [1.54, 1.807) is 6.92 Å². The predicted octanol–water partition coefficient (Wildman–Crippen LogP) is -2.24. The molecule has 10 nitrogen and oxygen atoms in total. The number of hydrogen-bond donors (Lipinski definition) is 6. The Hall–Kier alpha value is -1.27. The Morgan fingerprint density at radius 3 is 2.50 bits per heavy atom. The van der Waals surface area contributed by atoms with Gasteiger partial charge in [-0.2, -0.15) is 0 Å². The van der Waals surface area contributed by atoms with Crippen molar-refractivity contribution < 1.29 is 49.6 Å². The minimum Gasteiger partial charge on any atom is -0.478 e. The molecule has 0 bridgehead atoms. The monoisotopic (exact) mass is 376 g/mol. The molecule has 3 aliphatic rings. The van der Waals surface area contributed by atoms with Crippen LogP contribution in [0.5, 0.6) is 0 Å². The summed E-state index contributed by atoms with van der Waals surface area (Å²) in [4.78, 5) is 11.4. The van der Waals surface area contributed by atoms with E-state index in [0.717, 1.165) is 6.26 Å². The van der Waals surface area contributed by atoms with Gasteiger partial charge in [0.05, 0.1) is 24.5 Å². The lowest BCUT2D eigenvalue weighted by molar-refractivity contribution is -0.342. The van der Waals surface area contributed by atoms with Crippen molar-refractivity contribution in [1.29, 1.82) is 0 Å². The fourth-order valence-electron chi connectivity index (χ4n) is 3.99. The van der Waals surface area contributed by atoms with Crippen LogP contribution in [0.25, 0.3) is 0 Å². The first-order valence-corrected chi connectivity index (χ1v) is 8.49. The molecule has 0 aromatic rings. The van der Waals surface area contributed by atoms with E-state index in [-0.39, 0.29) is 17.9 Å². The molecule has 2 fully saturated rings. The van der Waals surface area contributed by atoms with Gasteiger partial charge in [-0.25, -0.2) is 4.79 Å². The van der Waals surface area contributed by atoms with Crippen molar-refractivity contribution in [3.63, 3.8) is 0 Å². The molecule has 26 heavy (non-hydrogen) atoms. The van der Waals surface area contributed by atoms with Crippen LogP contribution in [0.1, 0.15) is 13.3 Å². The Morgan fingerprint density at radius 2 is 1.88 bits per heavy atom. The van der Waals surface area contributed by atoms with Crippen LogP contribution in [0.4, 0.5) is 0 Å². The van der Waals surface area contributed by atoms with Crippen LogP contribution in [0.15, 0.2) is 11.8 Å². The van der Waals surface area contributed by atoms with Gasteiger partial charge in [0, 0.05) is 11.8 Å². The third kappa shape index (κ3) is 3.22. The minimum atomic E-state index is -1.60. The lowest BCUT2D eigenvalue weighted by Gasteiger charge is -2.43. The quantitative estimate of drug-likeness (QED) is 0.316. The molecule has 2 heterocycles. The van der Waals surface area contributed by atoms with E-state index in [9.17, 15) is 35.4 Å². The number of carboxylic acid groups (broad SMARTS) is 1. The highest BCUT2D eigenvalue weighted by atomic mass is 16.8. The van der Waals surface area contributed by atoms with Crippen molar-refractivity contribution in [1.82, 2.24) is 0 Å². The van der Waals surface area contributed by atoms with Crippen LogP contribution in [0.2, 0.25) is 0 Å². The Morgan fingerprint density at radius 1 is 1.19 bits per heavy atom. The second-order valence-electron chi connectivity index (χ2n) is 7.06. The molecule has 10 heteroatoms. The molecule has 0 unspecified atom stereocenters. The van der Waals surface area contributed by atoms with Gasteiger partial charge < -0.3 is 44.8 Å². The smallest absolute Gasteiger partial charge is 0.334 e. The van der Waals surface area contributed by atoms with Crippen LogP contribution < -0.4 is 0 Å².